The molecule has 1 aliphatic heterocycles. The van der Waals surface area contributed by atoms with Gasteiger partial charge in [-0.25, -0.2) is 0 Å². The first-order valence-corrected chi connectivity index (χ1v) is 7.76. The number of halogens is 1. The van der Waals surface area contributed by atoms with Crippen LogP contribution in [0.5, 0.6) is 0 Å². The van der Waals surface area contributed by atoms with E-state index in [9.17, 15) is 4.79 Å². The van der Waals surface area contributed by atoms with Crippen molar-refractivity contribution in [2.75, 3.05) is 19.8 Å². The summed E-state index contributed by atoms with van der Waals surface area (Å²) >= 11 is 0. The zero-order valence-corrected chi connectivity index (χ0v) is 14.3. The lowest BCUT2D eigenvalue weighted by Gasteiger charge is -2.25. The van der Waals surface area contributed by atoms with E-state index in [1.807, 2.05) is 0 Å². The fraction of sp³-hybridized carbons (Fsp3) is 0.933. The van der Waals surface area contributed by atoms with Gasteiger partial charge in [0.05, 0.1) is 12.7 Å². The number of hydrogen-bond donors (Lipinski definition) is 2. The first-order valence-electron chi connectivity index (χ1n) is 7.76. The average molecular weight is 323 g/mol. The lowest BCUT2D eigenvalue weighted by molar-refractivity contribution is -0.136. The summed E-state index contributed by atoms with van der Waals surface area (Å²) in [5.74, 6) is 0.424. The standard InChI is InChI=1S/C15H30N2O3.ClH/c1-11(2)8-13(9-16)17-15(18)12(3)20-10-14-6-4-5-7-19-14;/h11-14H,4-10,16H2,1-3H3,(H,17,18);1H. The van der Waals surface area contributed by atoms with Gasteiger partial charge in [0.25, 0.3) is 0 Å². The lowest BCUT2D eigenvalue weighted by Crippen LogP contribution is -2.46. The first-order chi connectivity index (χ1) is 9.52. The number of nitrogens with one attached hydrogen (secondary N) is 1. The maximum Gasteiger partial charge on any atom is 0.249 e. The summed E-state index contributed by atoms with van der Waals surface area (Å²) in [5, 5.41) is 2.96. The fourth-order valence-corrected chi connectivity index (χ4v) is 2.37. The van der Waals surface area contributed by atoms with Crippen LogP contribution in [-0.2, 0) is 14.3 Å². The predicted molar refractivity (Wildman–Crippen MR) is 86.7 cm³/mol. The summed E-state index contributed by atoms with van der Waals surface area (Å²) in [6, 6.07) is 0.0273. The van der Waals surface area contributed by atoms with E-state index < -0.39 is 6.10 Å². The Morgan fingerprint density at radius 2 is 2.10 bits per heavy atom. The van der Waals surface area contributed by atoms with Crippen LogP contribution in [0.2, 0.25) is 0 Å². The van der Waals surface area contributed by atoms with Crippen LogP contribution in [0.3, 0.4) is 0 Å². The van der Waals surface area contributed by atoms with Crippen LogP contribution in [0, 0.1) is 5.92 Å². The molecule has 1 saturated heterocycles. The summed E-state index contributed by atoms with van der Waals surface area (Å²) in [4.78, 5) is 12.0. The zero-order valence-electron chi connectivity index (χ0n) is 13.5. The van der Waals surface area contributed by atoms with E-state index in [0.717, 1.165) is 25.9 Å². The van der Waals surface area contributed by atoms with Gasteiger partial charge < -0.3 is 20.5 Å². The van der Waals surface area contributed by atoms with Gasteiger partial charge in [0.15, 0.2) is 0 Å². The molecular weight excluding hydrogens is 292 g/mol. The number of carbonyl (C=O) groups excluding carboxylic acids is 1. The van der Waals surface area contributed by atoms with Crippen LogP contribution in [0.1, 0.15) is 46.5 Å². The van der Waals surface area contributed by atoms with Gasteiger partial charge >= 0.3 is 0 Å². The molecule has 1 fully saturated rings. The van der Waals surface area contributed by atoms with E-state index in [1.165, 1.54) is 6.42 Å². The van der Waals surface area contributed by atoms with Crippen molar-refractivity contribution in [1.29, 1.82) is 0 Å². The predicted octanol–water partition coefficient (Wildman–Crippen LogP) is 1.87. The average Bonchev–Trinajstić information content (AvgIpc) is 2.44. The van der Waals surface area contributed by atoms with Gasteiger partial charge in [-0.1, -0.05) is 13.8 Å². The molecule has 3 N–H and O–H groups in total. The molecule has 0 bridgehead atoms. The second kappa shape index (κ2) is 11.2. The molecule has 1 aliphatic rings. The Morgan fingerprint density at radius 3 is 2.62 bits per heavy atom. The quantitative estimate of drug-likeness (QED) is 0.715. The number of ether oxygens (including phenoxy) is 2. The minimum absolute atomic E-state index is 0. The molecule has 0 aromatic carbocycles. The van der Waals surface area contributed by atoms with Crippen molar-refractivity contribution in [1.82, 2.24) is 5.32 Å². The maximum atomic E-state index is 12.0. The van der Waals surface area contributed by atoms with Gasteiger partial charge in [-0.2, -0.15) is 0 Å². The second-order valence-corrected chi connectivity index (χ2v) is 6.03. The molecule has 5 nitrogen and oxygen atoms in total. The fourth-order valence-electron chi connectivity index (χ4n) is 2.37. The molecule has 3 atom stereocenters. The van der Waals surface area contributed by atoms with E-state index in [2.05, 4.69) is 19.2 Å². The molecule has 6 heteroatoms. The Hall–Kier alpha value is -0.360. The number of amides is 1. The Kier molecular flexibility index (Phi) is 11.0. The van der Waals surface area contributed by atoms with Gasteiger partial charge in [0.1, 0.15) is 6.10 Å². The van der Waals surface area contributed by atoms with Crippen LogP contribution in [0.15, 0.2) is 0 Å². The highest BCUT2D eigenvalue weighted by molar-refractivity contribution is 5.85. The number of rotatable bonds is 8. The van der Waals surface area contributed by atoms with E-state index >= 15 is 0 Å². The Morgan fingerprint density at radius 1 is 1.38 bits per heavy atom. The van der Waals surface area contributed by atoms with E-state index in [1.54, 1.807) is 6.92 Å². The van der Waals surface area contributed by atoms with Crippen molar-refractivity contribution in [2.24, 2.45) is 11.7 Å². The maximum absolute atomic E-state index is 12.0. The zero-order chi connectivity index (χ0) is 15.0. The van der Waals surface area contributed by atoms with Gasteiger partial charge in [0, 0.05) is 19.2 Å². The largest absolute Gasteiger partial charge is 0.376 e. The van der Waals surface area contributed by atoms with Crippen LogP contribution in [0.4, 0.5) is 0 Å². The highest BCUT2D eigenvalue weighted by atomic mass is 35.5. The number of carbonyl (C=O) groups is 1. The van der Waals surface area contributed by atoms with Gasteiger partial charge in [-0.05, 0) is 38.5 Å². The molecule has 126 valence electrons. The SMILES string of the molecule is CC(C)CC(CN)NC(=O)C(C)OCC1CCCCO1.Cl. The van der Waals surface area contributed by atoms with Crippen molar-refractivity contribution in [3.8, 4) is 0 Å². The molecule has 0 radical (unpaired) electrons. The molecule has 1 rings (SSSR count). The first kappa shape index (κ1) is 20.6. The molecule has 3 unspecified atom stereocenters. The molecule has 21 heavy (non-hydrogen) atoms. The van der Waals surface area contributed by atoms with Crippen LogP contribution in [0.25, 0.3) is 0 Å². The van der Waals surface area contributed by atoms with E-state index in [-0.39, 0.29) is 30.5 Å². The smallest absolute Gasteiger partial charge is 0.249 e. The Bertz CT molecular complexity index is 284. The third kappa shape index (κ3) is 8.61. The van der Waals surface area contributed by atoms with E-state index in [0.29, 0.717) is 19.1 Å². The normalized spacial score (nSPS) is 21.5. The molecule has 0 saturated carbocycles. The Balaban J connectivity index is 0.00000400. The minimum atomic E-state index is -0.457. The summed E-state index contributed by atoms with van der Waals surface area (Å²) in [6.45, 7) is 7.78. The van der Waals surface area contributed by atoms with Crippen molar-refractivity contribution < 1.29 is 14.3 Å². The monoisotopic (exact) mass is 322 g/mol. The molecule has 0 aromatic heterocycles. The minimum Gasteiger partial charge on any atom is -0.376 e. The van der Waals surface area contributed by atoms with Crippen molar-refractivity contribution in [3.63, 3.8) is 0 Å². The van der Waals surface area contributed by atoms with Crippen molar-refractivity contribution >= 4 is 18.3 Å². The third-order valence-electron chi connectivity index (χ3n) is 3.56. The van der Waals surface area contributed by atoms with Gasteiger partial charge in [-0.3, -0.25) is 4.79 Å². The van der Waals surface area contributed by atoms with Crippen molar-refractivity contribution in [3.05, 3.63) is 0 Å². The summed E-state index contributed by atoms with van der Waals surface area (Å²) in [6.07, 6.45) is 3.90. The summed E-state index contributed by atoms with van der Waals surface area (Å²) in [7, 11) is 0. The molecule has 1 heterocycles. The topological polar surface area (TPSA) is 73.6 Å². The molecule has 0 spiro atoms. The number of hydrogen-bond acceptors (Lipinski definition) is 4. The molecule has 0 aliphatic carbocycles. The third-order valence-corrected chi connectivity index (χ3v) is 3.56. The lowest BCUT2D eigenvalue weighted by atomic mass is 10.0. The summed E-state index contributed by atoms with van der Waals surface area (Å²) < 4.78 is 11.2. The molecular formula is C15H31ClN2O3. The van der Waals surface area contributed by atoms with E-state index in [4.69, 9.17) is 15.2 Å². The molecule has 1 amide bonds. The highest BCUT2D eigenvalue weighted by Crippen LogP contribution is 2.13. The van der Waals surface area contributed by atoms with Crippen LogP contribution >= 0.6 is 12.4 Å². The molecule has 0 aromatic rings. The Labute approximate surface area is 134 Å². The van der Waals surface area contributed by atoms with Crippen molar-refractivity contribution in [2.45, 2.75) is 64.7 Å². The van der Waals surface area contributed by atoms with Crippen LogP contribution < -0.4 is 11.1 Å². The second-order valence-electron chi connectivity index (χ2n) is 6.03. The number of nitrogens with two attached hydrogens (primary N) is 1. The van der Waals surface area contributed by atoms with Crippen LogP contribution in [-0.4, -0.2) is 43.9 Å². The highest BCUT2D eigenvalue weighted by Gasteiger charge is 2.21. The van der Waals surface area contributed by atoms with Gasteiger partial charge in [-0.15, -0.1) is 12.4 Å². The summed E-state index contributed by atoms with van der Waals surface area (Å²) in [5.41, 5.74) is 5.68. The van der Waals surface area contributed by atoms with Gasteiger partial charge in [0.2, 0.25) is 5.91 Å².